The van der Waals surface area contributed by atoms with E-state index in [2.05, 4.69) is 11.8 Å². The highest BCUT2D eigenvalue weighted by molar-refractivity contribution is 5.43. The molecule has 3 heteroatoms. The van der Waals surface area contributed by atoms with Gasteiger partial charge in [-0.2, -0.15) is 5.26 Å². The Kier molecular flexibility index (Phi) is 3.67. The molecule has 0 radical (unpaired) electrons. The highest BCUT2D eigenvalue weighted by atomic mass is 19.1. The number of nitrogens with zero attached hydrogens (tertiary/aromatic N) is 1. The van der Waals surface area contributed by atoms with Crippen LogP contribution in [0.1, 0.15) is 11.1 Å². The highest BCUT2D eigenvalue weighted by Gasteiger charge is 2.00. The predicted octanol–water partition coefficient (Wildman–Crippen LogP) is 1.20. The van der Waals surface area contributed by atoms with Crippen LogP contribution in [-0.4, -0.2) is 6.54 Å². The minimum Gasteiger partial charge on any atom is -0.320 e. The number of nitriles is 1. The largest absolute Gasteiger partial charge is 0.320 e. The zero-order valence-electron chi connectivity index (χ0n) is 7.55. The van der Waals surface area contributed by atoms with Gasteiger partial charge in [0.25, 0.3) is 0 Å². The summed E-state index contributed by atoms with van der Waals surface area (Å²) in [4.78, 5) is 0. The number of nitrogens with two attached hydrogens (primary N) is 1. The van der Waals surface area contributed by atoms with Gasteiger partial charge in [-0.1, -0.05) is 17.9 Å². The first-order chi connectivity index (χ1) is 6.77. The third-order valence-electron chi connectivity index (χ3n) is 1.67. The quantitative estimate of drug-likeness (QED) is 0.673. The number of rotatable bonds is 1. The Balaban J connectivity index is 3.10. The molecule has 0 amide bonds. The van der Waals surface area contributed by atoms with Crippen LogP contribution in [0, 0.1) is 29.0 Å². The number of hydrogen-bond acceptors (Lipinski definition) is 2. The van der Waals surface area contributed by atoms with Crippen LogP contribution >= 0.6 is 0 Å². The van der Waals surface area contributed by atoms with Crippen molar-refractivity contribution >= 4 is 0 Å². The van der Waals surface area contributed by atoms with Gasteiger partial charge in [0.15, 0.2) is 0 Å². The molecule has 70 valence electrons. The maximum Gasteiger partial charge on any atom is 0.124 e. The second-order valence-corrected chi connectivity index (χ2v) is 2.64. The Morgan fingerprint density at radius 1 is 1.43 bits per heavy atom. The van der Waals surface area contributed by atoms with Gasteiger partial charge in [-0.05, 0) is 17.7 Å². The van der Waals surface area contributed by atoms with E-state index < -0.39 is 0 Å². The molecule has 1 rings (SSSR count). The van der Waals surface area contributed by atoms with Crippen molar-refractivity contribution in [3.8, 4) is 17.9 Å². The number of hydrogen-bond donors (Lipinski definition) is 1. The lowest BCUT2D eigenvalue weighted by molar-refractivity contribution is 0.627. The van der Waals surface area contributed by atoms with Crippen molar-refractivity contribution in [3.63, 3.8) is 0 Å². The average Bonchev–Trinajstić information content (AvgIpc) is 2.18. The Labute approximate surface area is 82.2 Å². The van der Waals surface area contributed by atoms with E-state index in [0.717, 1.165) is 5.56 Å². The zero-order valence-corrected chi connectivity index (χ0v) is 7.55. The van der Waals surface area contributed by atoms with Crippen molar-refractivity contribution in [1.29, 1.82) is 5.26 Å². The van der Waals surface area contributed by atoms with Crippen LogP contribution in [0.3, 0.4) is 0 Å². The minimum absolute atomic E-state index is 0.225. The molecule has 0 heterocycles. The summed E-state index contributed by atoms with van der Waals surface area (Å²) in [6.07, 6.45) is 0.231. The predicted molar refractivity (Wildman–Crippen MR) is 51.6 cm³/mol. The van der Waals surface area contributed by atoms with Crippen LogP contribution in [0.2, 0.25) is 0 Å². The van der Waals surface area contributed by atoms with Gasteiger partial charge in [0.2, 0.25) is 0 Å². The van der Waals surface area contributed by atoms with Gasteiger partial charge in [-0.25, -0.2) is 4.39 Å². The zero-order chi connectivity index (χ0) is 10.4. The molecule has 0 saturated heterocycles. The second-order valence-electron chi connectivity index (χ2n) is 2.64. The van der Waals surface area contributed by atoms with Gasteiger partial charge < -0.3 is 5.73 Å². The molecule has 0 atom stereocenters. The van der Waals surface area contributed by atoms with Gasteiger partial charge >= 0.3 is 0 Å². The summed E-state index contributed by atoms with van der Waals surface area (Å²) >= 11 is 0. The first-order valence-electron chi connectivity index (χ1n) is 4.12. The normalized spacial score (nSPS) is 8.64. The monoisotopic (exact) mass is 188 g/mol. The molecule has 14 heavy (non-hydrogen) atoms. The SMILES string of the molecule is N#CCc1ccc(F)cc1C#CCN. The molecule has 0 aliphatic carbocycles. The van der Waals surface area contributed by atoms with Gasteiger partial charge in [-0.3, -0.25) is 0 Å². The molecule has 1 aromatic carbocycles. The van der Waals surface area contributed by atoms with Crippen molar-refractivity contribution in [2.45, 2.75) is 6.42 Å². The fourth-order valence-electron chi connectivity index (χ4n) is 1.05. The molecule has 0 aromatic heterocycles. The fourth-order valence-corrected chi connectivity index (χ4v) is 1.05. The molecule has 2 nitrogen and oxygen atoms in total. The Bertz CT molecular complexity index is 421. The summed E-state index contributed by atoms with van der Waals surface area (Å²) < 4.78 is 12.8. The average molecular weight is 188 g/mol. The topological polar surface area (TPSA) is 49.8 Å². The molecular formula is C11H9FN2. The highest BCUT2D eigenvalue weighted by Crippen LogP contribution is 2.10. The third kappa shape index (κ3) is 2.58. The van der Waals surface area contributed by atoms with E-state index in [9.17, 15) is 4.39 Å². The standard InChI is InChI=1S/C11H9FN2/c12-11-4-3-9(5-7-14)10(8-11)2-1-6-13/h3-4,8H,5-6,13H2. The van der Waals surface area contributed by atoms with Gasteiger partial charge in [0.1, 0.15) is 5.82 Å². The molecule has 0 aliphatic rings. The molecule has 0 fully saturated rings. The smallest absolute Gasteiger partial charge is 0.124 e. The molecular weight excluding hydrogens is 179 g/mol. The number of halogens is 1. The van der Waals surface area contributed by atoms with Gasteiger partial charge in [0.05, 0.1) is 19.0 Å². The van der Waals surface area contributed by atoms with Crippen LogP contribution < -0.4 is 5.73 Å². The third-order valence-corrected chi connectivity index (χ3v) is 1.67. The lowest BCUT2D eigenvalue weighted by Crippen LogP contribution is -1.95. The van der Waals surface area contributed by atoms with E-state index in [-0.39, 0.29) is 18.8 Å². The van der Waals surface area contributed by atoms with Crippen molar-refractivity contribution in [3.05, 3.63) is 35.1 Å². The molecule has 0 bridgehead atoms. The summed E-state index contributed by atoms with van der Waals surface area (Å²) in [5.41, 5.74) is 6.48. The lowest BCUT2D eigenvalue weighted by atomic mass is 10.1. The molecule has 0 saturated carbocycles. The second kappa shape index (κ2) is 5.01. The van der Waals surface area contributed by atoms with E-state index in [1.807, 2.05) is 6.07 Å². The summed E-state index contributed by atoms with van der Waals surface area (Å²) in [7, 11) is 0. The van der Waals surface area contributed by atoms with E-state index in [0.29, 0.717) is 5.56 Å². The van der Waals surface area contributed by atoms with Crippen LogP contribution in [0.5, 0.6) is 0 Å². The van der Waals surface area contributed by atoms with E-state index in [4.69, 9.17) is 11.0 Å². The minimum atomic E-state index is -0.354. The molecule has 0 spiro atoms. The van der Waals surface area contributed by atoms with E-state index in [1.54, 1.807) is 6.07 Å². The number of benzene rings is 1. The Hall–Kier alpha value is -1.84. The summed E-state index contributed by atoms with van der Waals surface area (Å²) in [6, 6.07) is 6.20. The lowest BCUT2D eigenvalue weighted by Gasteiger charge is -1.99. The maximum atomic E-state index is 12.8. The van der Waals surface area contributed by atoms with Crippen molar-refractivity contribution in [1.82, 2.24) is 0 Å². The Morgan fingerprint density at radius 3 is 2.86 bits per heavy atom. The summed E-state index contributed by atoms with van der Waals surface area (Å²) in [5, 5.41) is 8.52. The first kappa shape index (κ1) is 10.2. The molecule has 1 aromatic rings. The van der Waals surface area contributed by atoms with E-state index in [1.165, 1.54) is 12.1 Å². The van der Waals surface area contributed by atoms with Crippen LogP contribution in [0.25, 0.3) is 0 Å². The van der Waals surface area contributed by atoms with E-state index >= 15 is 0 Å². The molecule has 2 N–H and O–H groups in total. The van der Waals surface area contributed by atoms with Crippen molar-refractivity contribution in [2.24, 2.45) is 5.73 Å². The summed E-state index contributed by atoms with van der Waals surface area (Å²) in [6.45, 7) is 0.225. The van der Waals surface area contributed by atoms with Crippen molar-refractivity contribution in [2.75, 3.05) is 6.54 Å². The summed E-state index contributed by atoms with van der Waals surface area (Å²) in [5.74, 6) is 5.01. The van der Waals surface area contributed by atoms with Crippen LogP contribution in [0.15, 0.2) is 18.2 Å². The van der Waals surface area contributed by atoms with Crippen LogP contribution in [0.4, 0.5) is 4.39 Å². The molecule has 0 aliphatic heterocycles. The van der Waals surface area contributed by atoms with Crippen molar-refractivity contribution < 1.29 is 4.39 Å². The Morgan fingerprint density at radius 2 is 2.21 bits per heavy atom. The van der Waals surface area contributed by atoms with Gasteiger partial charge in [0, 0.05) is 5.56 Å². The maximum absolute atomic E-state index is 12.8. The van der Waals surface area contributed by atoms with Crippen LogP contribution in [-0.2, 0) is 6.42 Å². The fraction of sp³-hybridized carbons (Fsp3) is 0.182. The molecule has 0 unspecified atom stereocenters. The first-order valence-corrected chi connectivity index (χ1v) is 4.12. The van der Waals surface area contributed by atoms with Gasteiger partial charge in [-0.15, -0.1) is 0 Å².